The summed E-state index contributed by atoms with van der Waals surface area (Å²) in [7, 11) is 0. The molecule has 3 fully saturated rings. The van der Waals surface area contributed by atoms with E-state index in [1.54, 1.807) is 4.90 Å². The Balaban J connectivity index is 1.83. The van der Waals surface area contributed by atoms with E-state index in [1.165, 1.54) is 0 Å². The van der Waals surface area contributed by atoms with Crippen molar-refractivity contribution in [2.24, 2.45) is 0 Å². The van der Waals surface area contributed by atoms with E-state index in [-0.39, 0.29) is 18.6 Å². The predicted octanol–water partition coefficient (Wildman–Crippen LogP) is -0.738. The fraction of sp³-hybridized carbons (Fsp3) is 0.700. The third-order valence-corrected chi connectivity index (χ3v) is 3.64. The van der Waals surface area contributed by atoms with Gasteiger partial charge >= 0.3 is 12.5 Å². The maximum absolute atomic E-state index is 12.5. The van der Waals surface area contributed by atoms with Crippen LogP contribution in [0.15, 0.2) is 0 Å². The van der Waals surface area contributed by atoms with Crippen LogP contribution in [-0.4, -0.2) is 60.9 Å². The van der Waals surface area contributed by atoms with E-state index in [0.29, 0.717) is 32.1 Å². The Kier molecular flexibility index (Phi) is 2.72. The number of hydrogen-bond acceptors (Lipinski definition) is 6. The molecule has 3 rings (SSSR count). The Morgan fingerprint density at radius 1 is 1.44 bits per heavy atom. The van der Waals surface area contributed by atoms with Crippen molar-refractivity contribution in [1.82, 2.24) is 4.90 Å². The second-order valence-electron chi connectivity index (χ2n) is 4.77. The molecule has 3 heterocycles. The maximum atomic E-state index is 12.5. The van der Waals surface area contributed by atoms with Crippen molar-refractivity contribution >= 4 is 18.3 Å². The first-order chi connectivity index (χ1) is 8.62. The maximum Gasteiger partial charge on any atom is 0.590 e. The fourth-order valence-electron chi connectivity index (χ4n) is 2.78. The average molecular weight is 255 g/mol. The largest absolute Gasteiger partial charge is 0.617 e. The van der Waals surface area contributed by atoms with Crippen LogP contribution in [0, 0.1) is 5.82 Å². The van der Waals surface area contributed by atoms with E-state index < -0.39 is 18.8 Å². The van der Waals surface area contributed by atoms with Crippen LogP contribution >= 0.6 is 0 Å². The van der Waals surface area contributed by atoms with E-state index in [9.17, 15) is 14.7 Å². The number of carbonyl (C=O) groups excluding carboxylic acids is 2. The number of carbonyl (C=O) groups is 2. The molecule has 1 N–H and O–H groups in total. The molecular weight excluding hydrogens is 241 g/mol. The van der Waals surface area contributed by atoms with Crippen molar-refractivity contribution in [3.63, 3.8) is 0 Å². The zero-order chi connectivity index (χ0) is 12.8. The highest BCUT2D eigenvalue weighted by molar-refractivity contribution is 7.02. The number of fused-ring (bicyclic) bond motifs is 1. The van der Waals surface area contributed by atoms with E-state index in [0.717, 1.165) is 0 Å². The summed E-state index contributed by atoms with van der Waals surface area (Å²) in [5.41, 5.74) is 0. The van der Waals surface area contributed by atoms with Crippen LogP contribution in [0.1, 0.15) is 12.8 Å². The minimum absolute atomic E-state index is 0.0626. The second-order valence-corrected chi connectivity index (χ2v) is 4.77. The Hall–Kier alpha value is -1.25. The van der Waals surface area contributed by atoms with Crippen LogP contribution < -0.4 is 0 Å². The summed E-state index contributed by atoms with van der Waals surface area (Å²) in [6.45, 7) is -0.617. The minimum Gasteiger partial charge on any atom is -0.617 e. The molecule has 0 bridgehead atoms. The molecule has 3 aliphatic rings. The van der Waals surface area contributed by atoms with E-state index >= 15 is 0 Å². The highest BCUT2D eigenvalue weighted by atomic mass is 16.7. The number of nitrogens with zero attached hydrogens (tertiary/aromatic N) is 1. The SMILES string of the molecule is O=C1C[C+]2CC(O)O[B-]2(C(=O)N2CCOCC2)O1. The van der Waals surface area contributed by atoms with Gasteiger partial charge in [0.05, 0.1) is 19.6 Å². The summed E-state index contributed by atoms with van der Waals surface area (Å²) in [6, 6.07) is 0. The summed E-state index contributed by atoms with van der Waals surface area (Å²) in [5, 5.41) is 9.52. The van der Waals surface area contributed by atoms with E-state index in [2.05, 4.69) is 0 Å². The summed E-state index contributed by atoms with van der Waals surface area (Å²) in [6.07, 6.45) is -0.798. The van der Waals surface area contributed by atoms with Gasteiger partial charge in [0.25, 0.3) is 0 Å². The number of aliphatic hydroxyl groups excluding tert-OH is 1. The Bertz CT molecular complexity index is 385. The molecule has 2 unspecified atom stereocenters. The van der Waals surface area contributed by atoms with Crippen LogP contribution in [0.25, 0.3) is 0 Å². The van der Waals surface area contributed by atoms with Crippen LogP contribution in [0.5, 0.6) is 0 Å². The van der Waals surface area contributed by atoms with Gasteiger partial charge in [0.15, 0.2) is 12.1 Å². The molecule has 0 spiro atoms. The number of aliphatic hydroxyl groups is 1. The van der Waals surface area contributed by atoms with Crippen LogP contribution in [0.4, 0.5) is 4.79 Å². The zero-order valence-corrected chi connectivity index (χ0v) is 9.83. The van der Waals surface area contributed by atoms with Crippen LogP contribution in [-0.2, 0) is 18.8 Å². The lowest BCUT2D eigenvalue weighted by Crippen LogP contribution is -2.58. The van der Waals surface area contributed by atoms with Gasteiger partial charge in [-0.3, -0.25) is 4.79 Å². The van der Waals surface area contributed by atoms with Gasteiger partial charge in [-0.05, 0) is 5.82 Å². The van der Waals surface area contributed by atoms with Crippen molar-refractivity contribution < 1.29 is 28.7 Å². The summed E-state index contributed by atoms with van der Waals surface area (Å²) in [5.74, 6) is -0.238. The van der Waals surface area contributed by atoms with Crippen LogP contribution in [0.2, 0.25) is 0 Å². The first-order valence-electron chi connectivity index (χ1n) is 6.06. The Morgan fingerprint density at radius 2 is 2.17 bits per heavy atom. The van der Waals surface area contributed by atoms with Crippen molar-refractivity contribution in [2.45, 2.75) is 19.1 Å². The van der Waals surface area contributed by atoms with Gasteiger partial charge in [-0.2, -0.15) is 0 Å². The summed E-state index contributed by atoms with van der Waals surface area (Å²) >= 11 is 0. The molecular formula is C10H14BNO6. The molecule has 0 saturated carbocycles. The smallest absolute Gasteiger partial charge is 0.590 e. The molecule has 3 aliphatic heterocycles. The molecule has 0 aromatic carbocycles. The fourth-order valence-corrected chi connectivity index (χ4v) is 2.78. The monoisotopic (exact) mass is 255 g/mol. The lowest BCUT2D eigenvalue weighted by atomic mass is 9.47. The highest BCUT2D eigenvalue weighted by Gasteiger charge is 2.68. The molecule has 8 heteroatoms. The van der Waals surface area contributed by atoms with Crippen molar-refractivity contribution in [3.8, 4) is 0 Å². The predicted molar refractivity (Wildman–Crippen MR) is 59.2 cm³/mol. The van der Waals surface area contributed by atoms with Gasteiger partial charge in [0.2, 0.25) is 0 Å². The van der Waals surface area contributed by atoms with Crippen molar-refractivity contribution in [1.29, 1.82) is 0 Å². The molecule has 7 nitrogen and oxygen atoms in total. The highest BCUT2D eigenvalue weighted by Crippen LogP contribution is 2.43. The van der Waals surface area contributed by atoms with Gasteiger partial charge in [-0.25, -0.2) is 0 Å². The first kappa shape index (κ1) is 11.8. The summed E-state index contributed by atoms with van der Waals surface area (Å²) in [4.78, 5) is 25.4. The van der Waals surface area contributed by atoms with Crippen LogP contribution in [0.3, 0.4) is 0 Å². The molecule has 0 aliphatic carbocycles. The quantitative estimate of drug-likeness (QED) is 0.490. The number of morpholine rings is 1. The molecule has 2 atom stereocenters. The minimum atomic E-state index is -2.44. The topological polar surface area (TPSA) is 85.3 Å². The third-order valence-electron chi connectivity index (χ3n) is 3.64. The molecule has 0 aromatic heterocycles. The zero-order valence-electron chi connectivity index (χ0n) is 9.83. The molecule has 0 aromatic rings. The van der Waals surface area contributed by atoms with E-state index in [1.807, 2.05) is 0 Å². The first-order valence-corrected chi connectivity index (χ1v) is 6.06. The Labute approximate surface area is 104 Å². The third kappa shape index (κ3) is 1.68. The Morgan fingerprint density at radius 3 is 2.89 bits per heavy atom. The van der Waals surface area contributed by atoms with Gasteiger partial charge in [0.1, 0.15) is 6.42 Å². The average Bonchev–Trinajstić information content (AvgIpc) is 2.81. The van der Waals surface area contributed by atoms with Crippen molar-refractivity contribution in [2.75, 3.05) is 26.3 Å². The van der Waals surface area contributed by atoms with Gasteiger partial charge in [-0.1, -0.05) is 0 Å². The van der Waals surface area contributed by atoms with Gasteiger partial charge in [-0.15, -0.1) is 0 Å². The molecule has 3 saturated heterocycles. The number of ether oxygens (including phenoxy) is 1. The molecule has 18 heavy (non-hydrogen) atoms. The molecule has 1 amide bonds. The lowest BCUT2D eigenvalue weighted by Gasteiger charge is -2.34. The van der Waals surface area contributed by atoms with Gasteiger partial charge in [0, 0.05) is 13.1 Å². The normalized spacial score (nSPS) is 35.6. The number of amides is 1. The standard InChI is InChI=1S/C10H14BNO6/c13-8-5-7-6-9(14)18-11(7,17-8)10(15)12-1-3-16-4-2-12/h8,13H,1-6H2. The number of hydrogen-bond donors (Lipinski definition) is 1. The number of rotatable bonds is 1. The molecule has 98 valence electrons. The lowest BCUT2D eigenvalue weighted by molar-refractivity contribution is -0.135. The molecule has 0 radical (unpaired) electrons. The van der Waals surface area contributed by atoms with E-state index in [4.69, 9.17) is 14.0 Å². The van der Waals surface area contributed by atoms with Gasteiger partial charge < -0.3 is 28.8 Å². The summed E-state index contributed by atoms with van der Waals surface area (Å²) < 4.78 is 15.6. The second kappa shape index (κ2) is 4.15. The van der Waals surface area contributed by atoms with Crippen molar-refractivity contribution in [3.05, 3.63) is 5.82 Å².